The summed E-state index contributed by atoms with van der Waals surface area (Å²) in [4.78, 5) is 8.28. The Balaban J connectivity index is 2.16. The van der Waals surface area contributed by atoms with Gasteiger partial charge in [0.05, 0.1) is 0 Å². The molecule has 16 heavy (non-hydrogen) atoms. The van der Waals surface area contributed by atoms with Gasteiger partial charge in [-0.3, -0.25) is 0 Å². The summed E-state index contributed by atoms with van der Waals surface area (Å²) >= 11 is 0. The van der Waals surface area contributed by atoms with Gasteiger partial charge >= 0.3 is 0 Å². The van der Waals surface area contributed by atoms with Crippen molar-refractivity contribution in [3.05, 3.63) is 36.5 Å². The summed E-state index contributed by atoms with van der Waals surface area (Å²) in [5, 5.41) is 6.04. The van der Waals surface area contributed by atoms with E-state index in [0.717, 1.165) is 17.2 Å². The van der Waals surface area contributed by atoms with Crippen LogP contribution in [0.25, 0.3) is 0 Å². The quantitative estimate of drug-likeness (QED) is 0.681. The van der Waals surface area contributed by atoms with Crippen LogP contribution in [0.2, 0.25) is 0 Å². The van der Waals surface area contributed by atoms with E-state index in [0.29, 0.717) is 5.95 Å². The molecule has 0 aliphatic carbocycles. The van der Waals surface area contributed by atoms with Gasteiger partial charge in [0.25, 0.3) is 0 Å². The molecule has 1 aromatic carbocycles. The van der Waals surface area contributed by atoms with Gasteiger partial charge in [-0.15, -0.1) is 0 Å². The molecule has 4 N–H and O–H groups in total. The minimum Gasteiger partial charge on any atom is -0.399 e. The van der Waals surface area contributed by atoms with Crippen LogP contribution in [0.5, 0.6) is 0 Å². The Hall–Kier alpha value is -2.30. The van der Waals surface area contributed by atoms with E-state index in [1.807, 2.05) is 24.3 Å². The molecule has 5 heteroatoms. The summed E-state index contributed by atoms with van der Waals surface area (Å²) in [6.45, 7) is 0. The van der Waals surface area contributed by atoms with Gasteiger partial charge in [-0.2, -0.15) is 4.98 Å². The molecule has 0 spiro atoms. The van der Waals surface area contributed by atoms with Crippen LogP contribution in [0, 0.1) is 0 Å². The number of nitrogens with two attached hydrogens (primary N) is 1. The molecule has 0 amide bonds. The molecule has 0 aliphatic rings. The Kier molecular flexibility index (Phi) is 2.86. The zero-order valence-corrected chi connectivity index (χ0v) is 8.94. The Morgan fingerprint density at radius 1 is 1.12 bits per heavy atom. The van der Waals surface area contributed by atoms with E-state index < -0.39 is 0 Å². The van der Waals surface area contributed by atoms with Gasteiger partial charge in [0.2, 0.25) is 5.95 Å². The van der Waals surface area contributed by atoms with Crippen LogP contribution in [0.15, 0.2) is 36.5 Å². The second kappa shape index (κ2) is 4.48. The number of nitrogens with zero attached hydrogens (tertiary/aromatic N) is 2. The van der Waals surface area contributed by atoms with Crippen molar-refractivity contribution in [2.24, 2.45) is 0 Å². The zero-order valence-electron chi connectivity index (χ0n) is 8.94. The summed E-state index contributed by atoms with van der Waals surface area (Å²) in [6.07, 6.45) is 1.69. The average molecular weight is 215 g/mol. The highest BCUT2D eigenvalue weighted by atomic mass is 15.1. The smallest absolute Gasteiger partial charge is 0.224 e. The van der Waals surface area contributed by atoms with E-state index in [2.05, 4.69) is 20.6 Å². The number of anilines is 4. The summed E-state index contributed by atoms with van der Waals surface area (Å²) in [5.41, 5.74) is 7.28. The maximum absolute atomic E-state index is 5.60. The van der Waals surface area contributed by atoms with E-state index in [4.69, 9.17) is 5.73 Å². The molecular formula is C11H13N5. The number of aromatic nitrogens is 2. The van der Waals surface area contributed by atoms with Gasteiger partial charge in [-0.05, 0) is 30.3 Å². The molecule has 5 nitrogen and oxygen atoms in total. The highest BCUT2D eigenvalue weighted by Gasteiger charge is 1.97. The lowest BCUT2D eigenvalue weighted by molar-refractivity contribution is 1.15. The highest BCUT2D eigenvalue weighted by Crippen LogP contribution is 2.16. The largest absolute Gasteiger partial charge is 0.399 e. The summed E-state index contributed by atoms with van der Waals surface area (Å²) in [5.74, 6) is 1.32. The molecule has 0 fully saturated rings. The SMILES string of the molecule is CNc1nccc(Nc2ccc(N)cc2)n1. The molecule has 1 aromatic heterocycles. The molecule has 0 atom stereocenters. The fraction of sp³-hybridized carbons (Fsp3) is 0.0909. The van der Waals surface area contributed by atoms with Gasteiger partial charge in [0, 0.05) is 24.6 Å². The summed E-state index contributed by atoms with van der Waals surface area (Å²) in [7, 11) is 1.78. The molecule has 2 rings (SSSR count). The molecular weight excluding hydrogens is 202 g/mol. The van der Waals surface area contributed by atoms with E-state index >= 15 is 0 Å². The normalized spacial score (nSPS) is 9.81. The number of benzene rings is 1. The third-order valence-corrected chi connectivity index (χ3v) is 2.06. The van der Waals surface area contributed by atoms with E-state index in [1.165, 1.54) is 0 Å². The lowest BCUT2D eigenvalue weighted by Gasteiger charge is -2.06. The Labute approximate surface area is 93.7 Å². The van der Waals surface area contributed by atoms with Crippen molar-refractivity contribution < 1.29 is 0 Å². The molecule has 0 aliphatic heterocycles. The van der Waals surface area contributed by atoms with Crippen LogP contribution in [0.3, 0.4) is 0 Å². The van der Waals surface area contributed by atoms with Gasteiger partial charge in [-0.1, -0.05) is 0 Å². The van der Waals surface area contributed by atoms with Crippen LogP contribution in [0.1, 0.15) is 0 Å². The minimum absolute atomic E-state index is 0.584. The first-order valence-corrected chi connectivity index (χ1v) is 4.91. The molecule has 0 saturated carbocycles. The first-order chi connectivity index (χ1) is 7.78. The number of rotatable bonds is 3. The first-order valence-electron chi connectivity index (χ1n) is 4.91. The number of hydrogen-bond acceptors (Lipinski definition) is 5. The second-order valence-electron chi connectivity index (χ2n) is 3.26. The van der Waals surface area contributed by atoms with E-state index in [9.17, 15) is 0 Å². The molecule has 1 heterocycles. The monoisotopic (exact) mass is 215 g/mol. The topological polar surface area (TPSA) is 75.9 Å². The Morgan fingerprint density at radius 2 is 1.88 bits per heavy atom. The predicted molar refractivity (Wildman–Crippen MR) is 65.7 cm³/mol. The first kappa shape index (κ1) is 10.2. The Bertz CT molecular complexity index is 466. The van der Waals surface area contributed by atoms with Gasteiger partial charge in [-0.25, -0.2) is 4.98 Å². The van der Waals surface area contributed by atoms with Crippen molar-refractivity contribution in [1.29, 1.82) is 0 Å². The number of nitrogens with one attached hydrogen (secondary N) is 2. The molecule has 82 valence electrons. The van der Waals surface area contributed by atoms with Gasteiger partial charge < -0.3 is 16.4 Å². The van der Waals surface area contributed by atoms with Crippen molar-refractivity contribution in [1.82, 2.24) is 9.97 Å². The van der Waals surface area contributed by atoms with Crippen LogP contribution in [0.4, 0.5) is 23.1 Å². The van der Waals surface area contributed by atoms with E-state index in [1.54, 1.807) is 19.3 Å². The summed E-state index contributed by atoms with van der Waals surface area (Å²) < 4.78 is 0. The summed E-state index contributed by atoms with van der Waals surface area (Å²) in [6, 6.07) is 9.27. The molecule has 0 unspecified atom stereocenters. The van der Waals surface area contributed by atoms with Crippen molar-refractivity contribution >= 4 is 23.1 Å². The maximum atomic E-state index is 5.60. The molecule has 0 saturated heterocycles. The van der Waals surface area contributed by atoms with Crippen LogP contribution in [-0.2, 0) is 0 Å². The van der Waals surface area contributed by atoms with Crippen LogP contribution in [-0.4, -0.2) is 17.0 Å². The third-order valence-electron chi connectivity index (χ3n) is 2.06. The van der Waals surface area contributed by atoms with Crippen molar-refractivity contribution in [3.8, 4) is 0 Å². The molecule has 2 aromatic rings. The van der Waals surface area contributed by atoms with E-state index in [-0.39, 0.29) is 0 Å². The Morgan fingerprint density at radius 3 is 2.56 bits per heavy atom. The minimum atomic E-state index is 0.584. The zero-order chi connectivity index (χ0) is 11.4. The number of hydrogen-bond donors (Lipinski definition) is 3. The van der Waals surface area contributed by atoms with Crippen LogP contribution < -0.4 is 16.4 Å². The predicted octanol–water partition coefficient (Wildman–Crippen LogP) is 1.84. The molecule has 0 bridgehead atoms. The second-order valence-corrected chi connectivity index (χ2v) is 3.26. The average Bonchev–Trinajstić information content (AvgIpc) is 2.32. The van der Waals surface area contributed by atoms with Crippen molar-refractivity contribution in [3.63, 3.8) is 0 Å². The van der Waals surface area contributed by atoms with Crippen molar-refractivity contribution in [2.75, 3.05) is 23.4 Å². The van der Waals surface area contributed by atoms with Gasteiger partial charge in [0.15, 0.2) is 0 Å². The maximum Gasteiger partial charge on any atom is 0.224 e. The van der Waals surface area contributed by atoms with Crippen molar-refractivity contribution in [2.45, 2.75) is 0 Å². The fourth-order valence-electron chi connectivity index (χ4n) is 1.26. The van der Waals surface area contributed by atoms with Crippen LogP contribution >= 0.6 is 0 Å². The lowest BCUT2D eigenvalue weighted by Crippen LogP contribution is -1.99. The lowest BCUT2D eigenvalue weighted by atomic mass is 10.3. The van der Waals surface area contributed by atoms with Gasteiger partial charge in [0.1, 0.15) is 5.82 Å². The third kappa shape index (κ3) is 2.38. The fourth-order valence-corrected chi connectivity index (χ4v) is 1.26. The molecule has 0 radical (unpaired) electrons. The highest BCUT2D eigenvalue weighted by molar-refractivity contribution is 5.59. The standard InChI is InChI=1S/C11H13N5/c1-13-11-14-7-6-10(16-11)15-9-4-2-8(12)3-5-9/h2-7H,12H2,1H3,(H2,13,14,15,16). The number of nitrogen functional groups attached to an aromatic ring is 1.